The number of hydrogen-bond acceptors (Lipinski definition) is 4. The maximum absolute atomic E-state index is 14.2. The summed E-state index contributed by atoms with van der Waals surface area (Å²) in [5.41, 5.74) is 1.59. The summed E-state index contributed by atoms with van der Waals surface area (Å²) in [5.74, 6) is -3.42. The molecule has 47 heavy (non-hydrogen) atoms. The van der Waals surface area contributed by atoms with Crippen molar-refractivity contribution in [2.24, 2.45) is 5.92 Å². The van der Waals surface area contributed by atoms with Crippen molar-refractivity contribution in [1.29, 1.82) is 0 Å². The van der Waals surface area contributed by atoms with Crippen molar-refractivity contribution in [1.82, 2.24) is 15.1 Å². The average molecular weight is 730 g/mol. The molecule has 1 atom stereocenters. The Morgan fingerprint density at radius 3 is 2.09 bits per heavy atom. The molecule has 3 fully saturated rings. The Kier molecular flexibility index (Phi) is 11.0. The number of halogens is 4. The smallest absolute Gasteiger partial charge is 0.332 e. The van der Waals surface area contributed by atoms with Gasteiger partial charge in [-0.05, 0) is 67.5 Å². The fraction of sp³-hybridized carbons (Fsp3) is 0.417. The molecule has 6 rings (SSSR count). The fourth-order valence-electron chi connectivity index (χ4n) is 7.08. The van der Waals surface area contributed by atoms with Crippen LogP contribution in [0.2, 0.25) is 0 Å². The van der Waals surface area contributed by atoms with Crippen molar-refractivity contribution in [3.63, 3.8) is 0 Å². The molecule has 250 valence electrons. The molecule has 0 radical (unpaired) electrons. The van der Waals surface area contributed by atoms with E-state index >= 15 is 0 Å². The Labute approximate surface area is 289 Å². The van der Waals surface area contributed by atoms with E-state index in [4.69, 9.17) is 0 Å². The number of nitrogens with zero attached hydrogens (tertiary/aromatic N) is 3. The highest BCUT2D eigenvalue weighted by Gasteiger charge is 2.58. The van der Waals surface area contributed by atoms with Gasteiger partial charge in [-0.1, -0.05) is 76.6 Å². The van der Waals surface area contributed by atoms with Gasteiger partial charge >= 0.3 is 6.03 Å². The van der Waals surface area contributed by atoms with Gasteiger partial charge in [-0.3, -0.25) is 19.4 Å². The van der Waals surface area contributed by atoms with Gasteiger partial charge in [0.25, 0.3) is 5.91 Å². The summed E-state index contributed by atoms with van der Waals surface area (Å²) in [5, 5.41) is 3.17. The van der Waals surface area contributed by atoms with Gasteiger partial charge in [-0.2, -0.15) is 0 Å². The Bertz CT molecular complexity index is 1530. The summed E-state index contributed by atoms with van der Waals surface area (Å²) in [6, 6.07) is 26.2. The molecule has 3 aliphatic rings. The largest absolute Gasteiger partial charge is 0.349 e. The second kappa shape index (κ2) is 14.8. The molecule has 7 nitrogen and oxygen atoms in total. The van der Waals surface area contributed by atoms with Gasteiger partial charge in [-0.15, -0.1) is 12.4 Å². The van der Waals surface area contributed by atoms with Crippen LogP contribution in [-0.2, 0) is 16.1 Å². The van der Waals surface area contributed by atoms with E-state index in [0.717, 1.165) is 15.6 Å². The summed E-state index contributed by atoms with van der Waals surface area (Å²) >= 11 is 3.45. The Morgan fingerprint density at radius 2 is 1.47 bits per heavy atom. The number of likely N-dealkylation sites (tertiary alicyclic amines) is 1. The lowest BCUT2D eigenvalue weighted by atomic mass is 9.85. The number of nitrogens with one attached hydrogen (secondary N) is 1. The van der Waals surface area contributed by atoms with Crippen LogP contribution in [0.5, 0.6) is 0 Å². The zero-order chi connectivity index (χ0) is 32.3. The maximum atomic E-state index is 14.2. The van der Waals surface area contributed by atoms with E-state index < -0.39 is 17.4 Å². The van der Waals surface area contributed by atoms with Gasteiger partial charge < -0.3 is 10.2 Å². The number of para-hydroxylation sites is 1. The first-order chi connectivity index (χ1) is 22.1. The quantitative estimate of drug-likeness (QED) is 0.229. The molecule has 0 unspecified atom stereocenters. The number of urea groups is 1. The second-order valence-corrected chi connectivity index (χ2v) is 13.7. The number of alkyl halides is 2. The van der Waals surface area contributed by atoms with Crippen LogP contribution in [0.15, 0.2) is 89.4 Å². The van der Waals surface area contributed by atoms with E-state index in [-0.39, 0.29) is 68.5 Å². The van der Waals surface area contributed by atoms with Gasteiger partial charge in [0.2, 0.25) is 11.8 Å². The highest BCUT2D eigenvalue weighted by atomic mass is 79.9. The zero-order valence-corrected chi connectivity index (χ0v) is 28.5. The van der Waals surface area contributed by atoms with Crippen LogP contribution in [-0.4, -0.2) is 58.7 Å². The van der Waals surface area contributed by atoms with Crippen LogP contribution in [0.3, 0.4) is 0 Å². The topological polar surface area (TPSA) is 73.0 Å². The highest BCUT2D eigenvalue weighted by molar-refractivity contribution is 9.10. The monoisotopic (exact) mass is 728 g/mol. The SMILES string of the molecule is Cl.O=C(N[C@@H](CCN1CCC2(CC1)C(=O)N(Cc1ccc(Br)cc1)C(=O)N2c1ccccc1)c1ccccc1)C1CCC(F)(F)CC1. The minimum absolute atomic E-state index is 0. The van der Waals surface area contributed by atoms with Crippen LogP contribution in [0.25, 0.3) is 0 Å². The van der Waals surface area contributed by atoms with Crippen molar-refractivity contribution in [3.05, 3.63) is 101 Å². The molecule has 1 spiro atoms. The molecule has 2 saturated heterocycles. The first-order valence-electron chi connectivity index (χ1n) is 16.1. The minimum Gasteiger partial charge on any atom is -0.349 e. The Hall–Kier alpha value is -3.34. The lowest BCUT2D eigenvalue weighted by Crippen LogP contribution is -2.57. The van der Waals surface area contributed by atoms with Crippen molar-refractivity contribution in [2.45, 2.75) is 69.0 Å². The predicted octanol–water partition coefficient (Wildman–Crippen LogP) is 7.75. The minimum atomic E-state index is -2.68. The third-order valence-corrected chi connectivity index (χ3v) is 10.3. The molecule has 0 bridgehead atoms. The van der Waals surface area contributed by atoms with E-state index in [2.05, 4.69) is 26.1 Å². The summed E-state index contributed by atoms with van der Waals surface area (Å²) in [7, 11) is 0. The number of benzene rings is 3. The molecule has 11 heteroatoms. The third kappa shape index (κ3) is 7.71. The number of amides is 4. The number of piperidine rings is 1. The van der Waals surface area contributed by atoms with Gasteiger partial charge in [-0.25, -0.2) is 13.6 Å². The lowest BCUT2D eigenvalue weighted by Gasteiger charge is -2.42. The molecule has 4 amide bonds. The second-order valence-electron chi connectivity index (χ2n) is 12.7. The van der Waals surface area contributed by atoms with E-state index in [1.165, 1.54) is 4.90 Å². The molecule has 3 aromatic carbocycles. The van der Waals surface area contributed by atoms with E-state index in [1.54, 1.807) is 4.90 Å². The number of anilines is 1. The summed E-state index contributed by atoms with van der Waals surface area (Å²) < 4.78 is 28.4. The fourth-order valence-corrected chi connectivity index (χ4v) is 7.34. The number of carbonyl (C=O) groups excluding carboxylic acids is 3. The first kappa shape index (κ1) is 35.0. The van der Waals surface area contributed by atoms with Crippen LogP contribution in [0.4, 0.5) is 19.3 Å². The Balaban J connectivity index is 0.00000433. The van der Waals surface area contributed by atoms with Crippen LogP contribution < -0.4 is 10.2 Å². The molecule has 0 aromatic heterocycles. The van der Waals surface area contributed by atoms with E-state index in [9.17, 15) is 23.2 Å². The summed E-state index contributed by atoms with van der Waals surface area (Å²) in [6.45, 7) is 2.11. The van der Waals surface area contributed by atoms with Crippen molar-refractivity contribution >= 4 is 51.9 Å². The molecule has 1 N–H and O–H groups in total. The summed E-state index contributed by atoms with van der Waals surface area (Å²) in [6.07, 6.45) is 1.49. The standard InChI is InChI=1S/C36H39BrF2N4O3.ClH/c37-29-13-11-26(12-14-29)25-42-33(45)35(43(34(42)46)30-9-5-2-6-10-30)20-23-41(24-21-35)22-17-31(27-7-3-1-4-8-27)40-32(44)28-15-18-36(38,39)19-16-28;/h1-14,28,31H,15-25H2,(H,40,44);1H/t31-;/m0./s1. The molecule has 1 aliphatic carbocycles. The molecule has 3 aromatic rings. The average Bonchev–Trinajstić information content (AvgIpc) is 3.26. The van der Waals surface area contributed by atoms with E-state index in [1.807, 2.05) is 84.9 Å². The van der Waals surface area contributed by atoms with Gasteiger partial charge in [0.05, 0.1) is 12.6 Å². The molecular weight excluding hydrogens is 690 g/mol. The van der Waals surface area contributed by atoms with Crippen LogP contribution in [0.1, 0.15) is 62.1 Å². The van der Waals surface area contributed by atoms with Gasteiger partial charge in [0.1, 0.15) is 5.54 Å². The number of imide groups is 1. The summed E-state index contributed by atoms with van der Waals surface area (Å²) in [4.78, 5) is 46.6. The maximum Gasteiger partial charge on any atom is 0.332 e. The Morgan fingerprint density at radius 1 is 0.872 bits per heavy atom. The number of hydrogen-bond donors (Lipinski definition) is 1. The lowest BCUT2D eigenvalue weighted by molar-refractivity contribution is -0.133. The third-order valence-electron chi connectivity index (χ3n) is 9.79. The predicted molar refractivity (Wildman–Crippen MR) is 184 cm³/mol. The van der Waals surface area contributed by atoms with Crippen LogP contribution in [0, 0.1) is 5.92 Å². The zero-order valence-electron chi connectivity index (χ0n) is 26.1. The van der Waals surface area contributed by atoms with Gasteiger partial charge in [0.15, 0.2) is 0 Å². The van der Waals surface area contributed by atoms with Crippen molar-refractivity contribution in [2.75, 3.05) is 24.5 Å². The molecule has 2 aliphatic heterocycles. The van der Waals surface area contributed by atoms with Crippen molar-refractivity contribution in [3.8, 4) is 0 Å². The molecule has 2 heterocycles. The number of carbonyl (C=O) groups is 3. The van der Waals surface area contributed by atoms with Crippen LogP contribution >= 0.6 is 28.3 Å². The van der Waals surface area contributed by atoms with Gasteiger partial charge in [0, 0.05) is 48.6 Å². The normalized spacial score (nSPS) is 20.2. The first-order valence-corrected chi connectivity index (χ1v) is 16.9. The van der Waals surface area contributed by atoms with Crippen molar-refractivity contribution < 1.29 is 23.2 Å². The molecule has 1 saturated carbocycles. The number of rotatable bonds is 9. The van der Waals surface area contributed by atoms with E-state index in [0.29, 0.717) is 44.6 Å². The highest BCUT2D eigenvalue weighted by Crippen LogP contribution is 2.42. The molecular formula is C36H40BrClF2N4O3.